The minimum absolute atomic E-state index is 0.0301. The lowest BCUT2D eigenvalue weighted by molar-refractivity contribution is -0.137. The van der Waals surface area contributed by atoms with Crippen LogP contribution in [0.15, 0.2) is 0 Å². The van der Waals surface area contributed by atoms with E-state index in [1.54, 1.807) is 18.7 Å². The molecule has 0 aromatic rings. The van der Waals surface area contributed by atoms with Crippen LogP contribution in [-0.4, -0.2) is 40.4 Å². The van der Waals surface area contributed by atoms with Crippen LogP contribution in [-0.2, 0) is 4.79 Å². The van der Waals surface area contributed by atoms with Gasteiger partial charge in [-0.2, -0.15) is 11.8 Å². The van der Waals surface area contributed by atoms with Crippen LogP contribution in [0.25, 0.3) is 0 Å². The van der Waals surface area contributed by atoms with E-state index in [1.165, 1.54) is 0 Å². The van der Waals surface area contributed by atoms with Crippen molar-refractivity contribution in [1.29, 1.82) is 0 Å². The maximum Gasteiger partial charge on any atom is 0.235 e. The third-order valence-electron chi connectivity index (χ3n) is 2.92. The monoisotopic (exact) mass is 246 g/mol. The van der Waals surface area contributed by atoms with E-state index in [2.05, 4.69) is 0 Å². The average Bonchev–Trinajstić information content (AvgIpc) is 2.67. The first kappa shape index (κ1) is 12.8. The summed E-state index contributed by atoms with van der Waals surface area (Å²) in [6.07, 6.45) is 1.07. The van der Waals surface area contributed by atoms with Gasteiger partial charge in [0.15, 0.2) is 0 Å². The standard InChI is InChI=1S/C10H18N2OS2/c1-10(2,8(11)14)9(13)12(3)7-4-5-15-6-7/h7H,4-6H2,1-3H3,(H2,11,14). The van der Waals surface area contributed by atoms with Crippen LogP contribution in [0.5, 0.6) is 0 Å². The highest BCUT2D eigenvalue weighted by molar-refractivity contribution is 7.99. The summed E-state index contributed by atoms with van der Waals surface area (Å²) in [6, 6.07) is 0.344. The Balaban J connectivity index is 2.70. The molecule has 5 heteroatoms. The van der Waals surface area contributed by atoms with Crippen molar-refractivity contribution in [2.45, 2.75) is 26.3 Å². The fourth-order valence-corrected chi connectivity index (χ4v) is 2.89. The zero-order chi connectivity index (χ0) is 11.6. The van der Waals surface area contributed by atoms with Crippen LogP contribution in [0.3, 0.4) is 0 Å². The van der Waals surface area contributed by atoms with Crippen molar-refractivity contribution < 1.29 is 4.79 Å². The van der Waals surface area contributed by atoms with Gasteiger partial charge in [0.25, 0.3) is 0 Å². The van der Waals surface area contributed by atoms with Gasteiger partial charge in [-0.1, -0.05) is 12.2 Å². The van der Waals surface area contributed by atoms with Crippen molar-refractivity contribution in [3.63, 3.8) is 0 Å². The molecule has 1 unspecified atom stereocenters. The van der Waals surface area contributed by atoms with Gasteiger partial charge < -0.3 is 10.6 Å². The molecule has 1 rings (SSSR count). The van der Waals surface area contributed by atoms with Gasteiger partial charge in [-0.15, -0.1) is 0 Å². The molecular weight excluding hydrogens is 228 g/mol. The first-order valence-electron chi connectivity index (χ1n) is 5.02. The van der Waals surface area contributed by atoms with Crippen molar-refractivity contribution in [2.24, 2.45) is 11.1 Å². The maximum absolute atomic E-state index is 12.1. The Kier molecular flexibility index (Phi) is 4.00. The summed E-state index contributed by atoms with van der Waals surface area (Å²) in [5.74, 6) is 2.19. The SMILES string of the molecule is CN(C(=O)C(C)(C)C(N)=S)C1CCSC1. The molecule has 2 N–H and O–H groups in total. The number of carbonyl (C=O) groups is 1. The Morgan fingerprint density at radius 2 is 2.20 bits per heavy atom. The number of thiocarbonyl (C=S) groups is 1. The van der Waals surface area contributed by atoms with E-state index < -0.39 is 5.41 Å². The Bertz CT molecular complexity index is 273. The Labute approximate surface area is 101 Å². The van der Waals surface area contributed by atoms with Crippen LogP contribution in [0, 0.1) is 5.41 Å². The van der Waals surface area contributed by atoms with Crippen LogP contribution in [0.1, 0.15) is 20.3 Å². The third kappa shape index (κ3) is 2.64. The first-order chi connectivity index (χ1) is 6.87. The minimum atomic E-state index is -0.725. The summed E-state index contributed by atoms with van der Waals surface area (Å²) in [5, 5.41) is 0. The topological polar surface area (TPSA) is 46.3 Å². The Hall–Kier alpha value is -0.290. The second kappa shape index (κ2) is 4.70. The summed E-state index contributed by atoms with van der Waals surface area (Å²) < 4.78 is 0. The van der Waals surface area contributed by atoms with Crippen molar-refractivity contribution in [1.82, 2.24) is 4.90 Å². The first-order valence-corrected chi connectivity index (χ1v) is 6.58. The smallest absolute Gasteiger partial charge is 0.235 e. The van der Waals surface area contributed by atoms with Gasteiger partial charge in [0, 0.05) is 18.8 Å². The molecule has 1 heterocycles. The second-order valence-electron chi connectivity index (χ2n) is 4.42. The molecule has 0 bridgehead atoms. The fraction of sp³-hybridized carbons (Fsp3) is 0.800. The molecular formula is C10H18N2OS2. The molecule has 0 spiro atoms. The highest BCUT2D eigenvalue weighted by Gasteiger charge is 2.36. The number of thioether (sulfide) groups is 1. The molecule has 1 fully saturated rings. The summed E-state index contributed by atoms with van der Waals surface area (Å²) in [5.41, 5.74) is 4.86. The van der Waals surface area contributed by atoms with Crippen LogP contribution in [0.2, 0.25) is 0 Å². The molecule has 1 aliphatic rings. The van der Waals surface area contributed by atoms with Gasteiger partial charge in [-0.25, -0.2) is 0 Å². The molecule has 0 aromatic heterocycles. The zero-order valence-corrected chi connectivity index (χ0v) is 11.1. The van der Waals surface area contributed by atoms with Crippen LogP contribution in [0.4, 0.5) is 0 Å². The summed E-state index contributed by atoms with van der Waals surface area (Å²) in [6.45, 7) is 3.58. The molecule has 3 nitrogen and oxygen atoms in total. The predicted octanol–water partition coefficient (Wildman–Crippen LogP) is 1.26. The van der Waals surface area contributed by atoms with Crippen molar-refractivity contribution in [3.8, 4) is 0 Å². The molecule has 0 saturated carbocycles. The van der Waals surface area contributed by atoms with Gasteiger partial charge in [-0.05, 0) is 26.0 Å². The third-order valence-corrected chi connectivity index (χ3v) is 4.58. The van der Waals surface area contributed by atoms with Crippen LogP contribution >= 0.6 is 24.0 Å². The molecule has 86 valence electrons. The molecule has 0 radical (unpaired) electrons. The molecule has 1 saturated heterocycles. The summed E-state index contributed by atoms with van der Waals surface area (Å²) in [4.78, 5) is 14.2. The molecule has 1 amide bonds. The van der Waals surface area contributed by atoms with E-state index in [4.69, 9.17) is 18.0 Å². The maximum atomic E-state index is 12.1. The number of hydrogen-bond acceptors (Lipinski definition) is 3. The molecule has 0 aliphatic carbocycles. The van der Waals surface area contributed by atoms with Gasteiger partial charge in [0.05, 0.1) is 10.4 Å². The van der Waals surface area contributed by atoms with Gasteiger partial charge in [-0.3, -0.25) is 4.79 Å². The largest absolute Gasteiger partial charge is 0.392 e. The lowest BCUT2D eigenvalue weighted by atomic mass is 9.91. The van der Waals surface area contributed by atoms with E-state index in [-0.39, 0.29) is 10.9 Å². The van der Waals surface area contributed by atoms with Crippen LogP contribution < -0.4 is 5.73 Å². The Morgan fingerprint density at radius 3 is 2.60 bits per heavy atom. The highest BCUT2D eigenvalue weighted by atomic mass is 32.2. The number of nitrogens with zero attached hydrogens (tertiary/aromatic N) is 1. The number of hydrogen-bond donors (Lipinski definition) is 1. The van der Waals surface area contributed by atoms with E-state index in [0.29, 0.717) is 6.04 Å². The van der Waals surface area contributed by atoms with E-state index >= 15 is 0 Å². The molecule has 15 heavy (non-hydrogen) atoms. The van der Waals surface area contributed by atoms with Crippen molar-refractivity contribution in [3.05, 3.63) is 0 Å². The summed E-state index contributed by atoms with van der Waals surface area (Å²) in [7, 11) is 1.85. The van der Waals surface area contributed by atoms with Crippen molar-refractivity contribution in [2.75, 3.05) is 18.6 Å². The van der Waals surface area contributed by atoms with Gasteiger partial charge in [0.1, 0.15) is 0 Å². The zero-order valence-electron chi connectivity index (χ0n) is 9.45. The van der Waals surface area contributed by atoms with Crippen molar-refractivity contribution >= 4 is 34.9 Å². The quantitative estimate of drug-likeness (QED) is 0.762. The van der Waals surface area contributed by atoms with E-state index in [1.807, 2.05) is 18.8 Å². The number of nitrogens with two attached hydrogens (primary N) is 1. The van der Waals surface area contributed by atoms with Gasteiger partial charge in [0.2, 0.25) is 5.91 Å². The highest BCUT2D eigenvalue weighted by Crippen LogP contribution is 2.26. The molecule has 1 aliphatic heterocycles. The van der Waals surface area contributed by atoms with E-state index in [9.17, 15) is 4.79 Å². The molecule has 0 aromatic carbocycles. The van der Waals surface area contributed by atoms with E-state index in [0.717, 1.165) is 17.9 Å². The number of amides is 1. The lowest BCUT2D eigenvalue weighted by Crippen LogP contribution is -2.49. The fourth-order valence-electron chi connectivity index (χ4n) is 1.54. The summed E-state index contributed by atoms with van der Waals surface area (Å²) >= 11 is 6.82. The minimum Gasteiger partial charge on any atom is -0.392 e. The van der Waals surface area contributed by atoms with Gasteiger partial charge >= 0.3 is 0 Å². The molecule has 1 atom stereocenters. The lowest BCUT2D eigenvalue weighted by Gasteiger charge is -2.32. The Morgan fingerprint density at radius 1 is 1.60 bits per heavy atom. The second-order valence-corrected chi connectivity index (χ2v) is 6.01. The average molecular weight is 246 g/mol. The number of carbonyl (C=O) groups excluding carboxylic acids is 1. The predicted molar refractivity (Wildman–Crippen MR) is 69.1 cm³/mol. The normalized spacial score (nSPS) is 21.4. The number of rotatable bonds is 3.